The maximum atomic E-state index is 13.1. The average molecular weight is 760 g/mol. The smallest absolute Gasteiger partial charge is 0.313 e. The van der Waals surface area contributed by atoms with E-state index in [4.69, 9.17) is 4.74 Å². The zero-order valence-corrected chi connectivity index (χ0v) is 30.4. The van der Waals surface area contributed by atoms with Gasteiger partial charge in [0, 0.05) is 18.8 Å². The van der Waals surface area contributed by atoms with Gasteiger partial charge >= 0.3 is 5.97 Å². The summed E-state index contributed by atoms with van der Waals surface area (Å²) in [6.07, 6.45) is -0.580. The molecule has 5 rings (SSSR count). The summed E-state index contributed by atoms with van der Waals surface area (Å²) in [6.45, 7) is -2.09. The molecule has 0 saturated heterocycles. The molecule has 4 aromatic carbocycles. The minimum atomic E-state index is -1.15. The lowest BCUT2D eigenvalue weighted by Crippen LogP contribution is -2.52. The summed E-state index contributed by atoms with van der Waals surface area (Å²) < 4.78 is 5.07. The molecule has 5 amide bonds. The second-order valence-corrected chi connectivity index (χ2v) is 13.0. The third-order valence-electron chi connectivity index (χ3n) is 8.89. The van der Waals surface area contributed by atoms with Gasteiger partial charge in [0.2, 0.25) is 29.4 Å². The van der Waals surface area contributed by atoms with E-state index >= 15 is 0 Å². The van der Waals surface area contributed by atoms with Crippen LogP contribution in [0.25, 0.3) is 11.1 Å². The topological polar surface area (TPSA) is 206 Å². The summed E-state index contributed by atoms with van der Waals surface area (Å²) in [5, 5.41) is 12.0. The molecule has 56 heavy (non-hydrogen) atoms. The van der Waals surface area contributed by atoms with E-state index in [1.807, 2.05) is 54.6 Å². The monoisotopic (exact) mass is 759 g/mol. The molecular formula is C42H41N5O9. The Labute approximate surface area is 322 Å². The van der Waals surface area contributed by atoms with E-state index in [0.717, 1.165) is 27.8 Å². The highest BCUT2D eigenvalue weighted by molar-refractivity contribution is 6.36. The molecule has 0 heterocycles. The first kappa shape index (κ1) is 40.2. The Balaban J connectivity index is 1.03. The maximum Gasteiger partial charge on any atom is 0.313 e. The Morgan fingerprint density at radius 1 is 0.554 bits per heavy atom. The van der Waals surface area contributed by atoms with Crippen molar-refractivity contribution >= 4 is 47.1 Å². The summed E-state index contributed by atoms with van der Waals surface area (Å²) in [5.74, 6) is -6.15. The number of hydrogen-bond acceptors (Lipinski definition) is 9. The van der Waals surface area contributed by atoms with E-state index in [0.29, 0.717) is 5.56 Å². The Morgan fingerprint density at radius 3 is 1.70 bits per heavy atom. The van der Waals surface area contributed by atoms with E-state index in [9.17, 15) is 38.4 Å². The van der Waals surface area contributed by atoms with E-state index in [-0.39, 0.29) is 25.4 Å². The van der Waals surface area contributed by atoms with Crippen molar-refractivity contribution in [1.82, 2.24) is 26.6 Å². The first-order valence-electron chi connectivity index (χ1n) is 17.9. The predicted molar refractivity (Wildman–Crippen MR) is 203 cm³/mol. The number of carbonyl (C=O) groups is 8. The van der Waals surface area contributed by atoms with Gasteiger partial charge in [0.15, 0.2) is 5.78 Å². The van der Waals surface area contributed by atoms with Gasteiger partial charge in [-0.25, -0.2) is 0 Å². The lowest BCUT2D eigenvalue weighted by Gasteiger charge is -2.19. The van der Waals surface area contributed by atoms with Crippen LogP contribution in [-0.4, -0.2) is 79.3 Å². The van der Waals surface area contributed by atoms with Crippen LogP contribution < -0.4 is 26.6 Å². The number of benzene rings is 4. The van der Waals surface area contributed by atoms with Crippen LogP contribution >= 0.6 is 0 Å². The average Bonchev–Trinajstić information content (AvgIpc) is 3.53. The molecule has 0 fully saturated rings. The predicted octanol–water partition coefficient (Wildman–Crippen LogP) is 1.65. The van der Waals surface area contributed by atoms with Gasteiger partial charge in [0.25, 0.3) is 5.91 Å². The number of carbonyl (C=O) groups excluding carboxylic acids is 8. The number of fused-ring (bicyclic) bond motifs is 3. The van der Waals surface area contributed by atoms with E-state index in [1.54, 1.807) is 54.6 Å². The highest BCUT2D eigenvalue weighted by Crippen LogP contribution is 2.46. The fraction of sp³-hybridized carbons (Fsp3) is 0.238. The SMILES string of the molecule is O=C(CNC(=O)CNC(=O)[C@H](Cc1ccccc1)NC(=O)CNC(=O)CNC(=O)C(=O)CC1c2ccccc2-c2ccccc21)CC(=O)OCc1ccccc1. The molecule has 0 radical (unpaired) electrons. The Morgan fingerprint density at radius 2 is 1.07 bits per heavy atom. The quantitative estimate of drug-likeness (QED) is 0.0535. The molecule has 0 aromatic heterocycles. The Hall–Kier alpha value is -6.96. The van der Waals surface area contributed by atoms with Gasteiger partial charge in [-0.1, -0.05) is 109 Å². The second kappa shape index (κ2) is 19.9. The number of ether oxygens (including phenoxy) is 1. The number of hydrogen-bond donors (Lipinski definition) is 5. The van der Waals surface area contributed by atoms with Crippen molar-refractivity contribution in [3.05, 3.63) is 131 Å². The van der Waals surface area contributed by atoms with Crippen molar-refractivity contribution in [2.75, 3.05) is 26.2 Å². The Kier molecular flexibility index (Phi) is 14.3. The molecule has 14 nitrogen and oxygen atoms in total. The van der Waals surface area contributed by atoms with Crippen molar-refractivity contribution in [1.29, 1.82) is 0 Å². The summed E-state index contributed by atoms with van der Waals surface area (Å²) in [5.41, 5.74) is 5.37. The van der Waals surface area contributed by atoms with Crippen molar-refractivity contribution in [2.24, 2.45) is 0 Å². The largest absolute Gasteiger partial charge is 0.460 e. The number of rotatable bonds is 19. The molecule has 0 bridgehead atoms. The van der Waals surface area contributed by atoms with Crippen molar-refractivity contribution in [2.45, 2.75) is 37.8 Å². The molecule has 14 heteroatoms. The first-order valence-corrected chi connectivity index (χ1v) is 17.9. The zero-order chi connectivity index (χ0) is 39.9. The van der Waals surface area contributed by atoms with Crippen molar-refractivity contribution in [3.63, 3.8) is 0 Å². The second-order valence-electron chi connectivity index (χ2n) is 13.0. The third-order valence-corrected chi connectivity index (χ3v) is 8.89. The summed E-state index contributed by atoms with van der Waals surface area (Å²) in [4.78, 5) is 101. The molecule has 0 saturated carbocycles. The number of amides is 5. The molecule has 0 spiro atoms. The van der Waals surface area contributed by atoms with Gasteiger partial charge in [-0.05, 0) is 33.4 Å². The highest BCUT2D eigenvalue weighted by atomic mass is 16.5. The van der Waals surface area contributed by atoms with Crippen LogP contribution in [0.15, 0.2) is 109 Å². The number of nitrogens with one attached hydrogen (secondary N) is 5. The lowest BCUT2D eigenvalue weighted by molar-refractivity contribution is -0.147. The fourth-order valence-electron chi connectivity index (χ4n) is 6.13. The van der Waals surface area contributed by atoms with Gasteiger partial charge in [-0.3, -0.25) is 38.4 Å². The minimum Gasteiger partial charge on any atom is -0.460 e. The van der Waals surface area contributed by atoms with Crippen LogP contribution in [0.4, 0.5) is 0 Å². The van der Waals surface area contributed by atoms with E-state index in [1.165, 1.54) is 0 Å². The number of esters is 1. The first-order chi connectivity index (χ1) is 27.1. The normalized spacial score (nSPS) is 11.9. The highest BCUT2D eigenvalue weighted by Gasteiger charge is 2.31. The lowest BCUT2D eigenvalue weighted by atomic mass is 9.91. The molecule has 288 valence electrons. The van der Waals surface area contributed by atoms with Crippen LogP contribution in [0.1, 0.15) is 41.0 Å². The van der Waals surface area contributed by atoms with Gasteiger partial charge in [-0.2, -0.15) is 0 Å². The van der Waals surface area contributed by atoms with Crippen LogP contribution in [0.2, 0.25) is 0 Å². The summed E-state index contributed by atoms with van der Waals surface area (Å²) >= 11 is 0. The number of Topliss-reactive ketones (excluding diaryl/α,β-unsaturated/α-hetero) is 2. The standard InChI is InChI=1S/C42H41N5O9/c48-29(20-40(53)56-26-28-13-5-2-6-14-28)22-43-37(50)23-45-41(54)35(19-27-11-3-1-4-12-27)47-39(52)25-44-38(51)24-46-42(55)36(49)21-34-32-17-9-7-15-30(32)31-16-8-10-18-33(31)34/h1-18,34-35H,19-26H2,(H,43,50)(H,44,51)(H,45,54)(H,46,55)(H,47,52)/t35-/m0/s1. The van der Waals surface area contributed by atoms with Crippen LogP contribution in [0, 0.1) is 0 Å². The fourth-order valence-corrected chi connectivity index (χ4v) is 6.13. The van der Waals surface area contributed by atoms with Gasteiger partial charge < -0.3 is 31.3 Å². The van der Waals surface area contributed by atoms with Crippen LogP contribution in [-0.2, 0) is 56.1 Å². The molecule has 4 aromatic rings. The van der Waals surface area contributed by atoms with Crippen LogP contribution in [0.5, 0.6) is 0 Å². The third kappa shape index (κ3) is 11.8. The van der Waals surface area contributed by atoms with Gasteiger partial charge in [0.1, 0.15) is 19.1 Å². The molecule has 1 aliphatic rings. The summed E-state index contributed by atoms with van der Waals surface area (Å²) in [7, 11) is 0. The van der Waals surface area contributed by atoms with Crippen LogP contribution in [0.3, 0.4) is 0 Å². The van der Waals surface area contributed by atoms with Gasteiger partial charge in [0.05, 0.1) is 26.2 Å². The minimum absolute atomic E-state index is 0.00595. The van der Waals surface area contributed by atoms with E-state index in [2.05, 4.69) is 26.6 Å². The summed E-state index contributed by atoms with van der Waals surface area (Å²) in [6, 6.07) is 31.9. The molecule has 0 aliphatic heterocycles. The molecule has 5 N–H and O–H groups in total. The van der Waals surface area contributed by atoms with Crippen molar-refractivity contribution < 1.29 is 43.1 Å². The molecule has 0 unspecified atom stereocenters. The molecule has 1 atom stereocenters. The maximum absolute atomic E-state index is 13.1. The molecule has 1 aliphatic carbocycles. The zero-order valence-electron chi connectivity index (χ0n) is 30.4. The number of ketones is 2. The molecular weight excluding hydrogens is 718 g/mol. The van der Waals surface area contributed by atoms with E-state index < -0.39 is 85.7 Å². The van der Waals surface area contributed by atoms with Gasteiger partial charge in [-0.15, -0.1) is 0 Å². The Bertz CT molecular complexity index is 2040. The van der Waals surface area contributed by atoms with Crippen molar-refractivity contribution in [3.8, 4) is 11.1 Å².